The highest BCUT2D eigenvalue weighted by atomic mass is 32.2. The fourth-order valence-electron chi connectivity index (χ4n) is 2.83. The molecule has 0 saturated heterocycles. The molecule has 0 radical (unpaired) electrons. The minimum absolute atomic E-state index is 0.583. The first-order chi connectivity index (χ1) is 13.8. The van der Waals surface area contributed by atoms with E-state index < -0.39 is 0 Å². The van der Waals surface area contributed by atoms with Gasteiger partial charge in [0.1, 0.15) is 16.9 Å². The van der Waals surface area contributed by atoms with E-state index in [4.69, 9.17) is 4.74 Å². The molecule has 0 N–H and O–H groups in total. The molecular formula is C19H14N6OS2. The number of fused-ring (bicyclic) bond motifs is 3. The van der Waals surface area contributed by atoms with Crippen LogP contribution in [0.2, 0.25) is 0 Å². The van der Waals surface area contributed by atoms with E-state index in [0.717, 1.165) is 38.7 Å². The molecule has 5 aromatic rings. The molecule has 0 saturated carbocycles. The summed E-state index contributed by atoms with van der Waals surface area (Å²) >= 11 is 3.11. The molecule has 0 fully saturated rings. The van der Waals surface area contributed by atoms with Crippen molar-refractivity contribution >= 4 is 39.0 Å². The quantitative estimate of drug-likeness (QED) is 0.321. The molecule has 0 aliphatic rings. The zero-order valence-corrected chi connectivity index (χ0v) is 16.4. The molecule has 28 heavy (non-hydrogen) atoms. The number of thiophene rings is 1. The van der Waals surface area contributed by atoms with Crippen LogP contribution < -0.4 is 4.74 Å². The van der Waals surface area contributed by atoms with Crippen LogP contribution in [0.25, 0.3) is 27.1 Å². The van der Waals surface area contributed by atoms with Gasteiger partial charge in [-0.15, -0.1) is 16.4 Å². The average molecular weight is 406 g/mol. The minimum Gasteiger partial charge on any atom is -0.497 e. The van der Waals surface area contributed by atoms with Gasteiger partial charge in [-0.2, -0.15) is 0 Å². The van der Waals surface area contributed by atoms with Crippen LogP contribution in [0.1, 0.15) is 5.82 Å². The predicted molar refractivity (Wildman–Crippen MR) is 110 cm³/mol. The summed E-state index contributed by atoms with van der Waals surface area (Å²) in [5.41, 5.74) is 2.71. The van der Waals surface area contributed by atoms with E-state index >= 15 is 0 Å². The van der Waals surface area contributed by atoms with Crippen molar-refractivity contribution in [2.45, 2.75) is 10.9 Å². The van der Waals surface area contributed by atoms with Crippen LogP contribution in [0.5, 0.6) is 5.75 Å². The fourth-order valence-corrected chi connectivity index (χ4v) is 4.24. The maximum absolute atomic E-state index is 5.21. The molecule has 4 heterocycles. The first kappa shape index (κ1) is 17.1. The van der Waals surface area contributed by atoms with Crippen molar-refractivity contribution in [2.24, 2.45) is 0 Å². The SMILES string of the molecule is COc1ccc(-c2ccnc(SCc3nc4c5ccsc5ncn4n3)n2)cc1. The highest BCUT2D eigenvalue weighted by molar-refractivity contribution is 7.98. The van der Waals surface area contributed by atoms with Gasteiger partial charge in [0.15, 0.2) is 16.6 Å². The highest BCUT2D eigenvalue weighted by Crippen LogP contribution is 2.25. The maximum atomic E-state index is 5.21. The Bertz CT molecular complexity index is 1260. The van der Waals surface area contributed by atoms with Gasteiger partial charge in [-0.3, -0.25) is 0 Å². The van der Waals surface area contributed by atoms with E-state index in [-0.39, 0.29) is 0 Å². The summed E-state index contributed by atoms with van der Waals surface area (Å²) in [4.78, 5) is 19.0. The van der Waals surface area contributed by atoms with Crippen molar-refractivity contribution in [3.8, 4) is 17.0 Å². The van der Waals surface area contributed by atoms with Crippen LogP contribution in [-0.4, -0.2) is 36.7 Å². The molecule has 0 unspecified atom stereocenters. The molecular weight excluding hydrogens is 392 g/mol. The summed E-state index contributed by atoms with van der Waals surface area (Å²) in [6.07, 6.45) is 3.47. The number of hydrogen-bond acceptors (Lipinski definition) is 8. The molecule has 0 aliphatic carbocycles. The Morgan fingerprint density at radius 2 is 1.96 bits per heavy atom. The van der Waals surface area contributed by atoms with E-state index in [1.807, 2.05) is 41.8 Å². The van der Waals surface area contributed by atoms with Gasteiger partial charge in [-0.05, 0) is 41.8 Å². The van der Waals surface area contributed by atoms with Crippen LogP contribution in [0, 0.1) is 0 Å². The predicted octanol–water partition coefficient (Wildman–Crippen LogP) is 4.10. The monoisotopic (exact) mass is 406 g/mol. The Balaban J connectivity index is 1.37. The number of aromatic nitrogens is 6. The molecule has 0 bridgehead atoms. The van der Waals surface area contributed by atoms with E-state index in [0.29, 0.717) is 10.9 Å². The lowest BCUT2D eigenvalue weighted by Crippen LogP contribution is -1.92. The zero-order valence-electron chi connectivity index (χ0n) is 14.8. The van der Waals surface area contributed by atoms with Gasteiger partial charge in [0.2, 0.25) is 0 Å². The van der Waals surface area contributed by atoms with Gasteiger partial charge >= 0.3 is 0 Å². The van der Waals surface area contributed by atoms with Crippen molar-refractivity contribution in [3.05, 3.63) is 60.1 Å². The lowest BCUT2D eigenvalue weighted by atomic mass is 10.1. The number of nitrogens with zero attached hydrogens (tertiary/aromatic N) is 6. The van der Waals surface area contributed by atoms with Crippen LogP contribution in [-0.2, 0) is 5.75 Å². The molecule has 5 rings (SSSR count). The van der Waals surface area contributed by atoms with E-state index in [1.165, 1.54) is 11.8 Å². The molecule has 4 aromatic heterocycles. The molecule has 0 aliphatic heterocycles. The normalized spacial score (nSPS) is 11.3. The standard InChI is InChI=1S/C19H14N6OS2/c1-26-13-4-2-12(3-5-13)15-6-8-20-19(22-15)28-10-16-23-17-14-7-9-27-18(14)21-11-25(17)24-16/h2-9,11H,10H2,1H3. The first-order valence-corrected chi connectivity index (χ1v) is 10.3. The van der Waals surface area contributed by atoms with Crippen molar-refractivity contribution < 1.29 is 4.74 Å². The summed E-state index contributed by atoms with van der Waals surface area (Å²) in [7, 11) is 1.65. The van der Waals surface area contributed by atoms with Gasteiger partial charge in [0, 0.05) is 11.8 Å². The molecule has 1 aromatic carbocycles. The highest BCUT2D eigenvalue weighted by Gasteiger charge is 2.11. The van der Waals surface area contributed by atoms with Gasteiger partial charge in [-0.25, -0.2) is 24.5 Å². The summed E-state index contributed by atoms with van der Waals surface area (Å²) in [5, 5.41) is 8.24. The van der Waals surface area contributed by atoms with Crippen LogP contribution in [0.15, 0.2) is 59.5 Å². The molecule has 0 atom stereocenters. The van der Waals surface area contributed by atoms with E-state index in [1.54, 1.807) is 35.5 Å². The molecule has 7 nitrogen and oxygen atoms in total. The number of ether oxygens (including phenoxy) is 1. The minimum atomic E-state index is 0.583. The second-order valence-electron chi connectivity index (χ2n) is 5.92. The van der Waals surface area contributed by atoms with Crippen molar-refractivity contribution in [1.82, 2.24) is 29.5 Å². The Hall–Kier alpha value is -3.04. The lowest BCUT2D eigenvalue weighted by Gasteiger charge is -2.04. The van der Waals surface area contributed by atoms with Gasteiger partial charge < -0.3 is 4.74 Å². The van der Waals surface area contributed by atoms with Crippen LogP contribution in [0.3, 0.4) is 0 Å². The molecule has 0 spiro atoms. The fraction of sp³-hybridized carbons (Fsp3) is 0.105. The third kappa shape index (κ3) is 3.19. The largest absolute Gasteiger partial charge is 0.497 e. The van der Waals surface area contributed by atoms with E-state index in [2.05, 4.69) is 25.0 Å². The van der Waals surface area contributed by atoms with E-state index in [9.17, 15) is 0 Å². The second kappa shape index (κ2) is 7.17. The third-order valence-corrected chi connectivity index (χ3v) is 5.87. The van der Waals surface area contributed by atoms with Gasteiger partial charge in [-0.1, -0.05) is 11.8 Å². The second-order valence-corrected chi connectivity index (χ2v) is 7.76. The number of thioether (sulfide) groups is 1. The summed E-state index contributed by atoms with van der Waals surface area (Å²) in [5.74, 6) is 2.13. The number of methoxy groups -OCH3 is 1. The van der Waals surface area contributed by atoms with Crippen molar-refractivity contribution in [3.63, 3.8) is 0 Å². The van der Waals surface area contributed by atoms with Crippen molar-refractivity contribution in [1.29, 1.82) is 0 Å². The Morgan fingerprint density at radius 3 is 2.82 bits per heavy atom. The summed E-state index contributed by atoms with van der Waals surface area (Å²) < 4.78 is 6.93. The lowest BCUT2D eigenvalue weighted by molar-refractivity contribution is 0.415. The molecule has 138 valence electrons. The summed E-state index contributed by atoms with van der Waals surface area (Å²) in [6, 6.07) is 11.7. The third-order valence-electron chi connectivity index (χ3n) is 4.19. The number of rotatable bonds is 5. The van der Waals surface area contributed by atoms with Crippen LogP contribution >= 0.6 is 23.1 Å². The van der Waals surface area contributed by atoms with Gasteiger partial charge in [0.05, 0.1) is 23.9 Å². The van der Waals surface area contributed by atoms with Gasteiger partial charge in [0.25, 0.3) is 0 Å². The molecule has 9 heteroatoms. The topological polar surface area (TPSA) is 78.1 Å². The first-order valence-electron chi connectivity index (χ1n) is 8.48. The zero-order chi connectivity index (χ0) is 18.9. The molecule has 0 amide bonds. The van der Waals surface area contributed by atoms with Crippen molar-refractivity contribution in [2.75, 3.05) is 7.11 Å². The summed E-state index contributed by atoms with van der Waals surface area (Å²) in [6.45, 7) is 0. The average Bonchev–Trinajstić information content (AvgIpc) is 3.38. The Kier molecular flexibility index (Phi) is 4.38. The Morgan fingerprint density at radius 1 is 1.07 bits per heavy atom. The Labute approximate surface area is 168 Å². The van der Waals surface area contributed by atoms with Crippen LogP contribution in [0.4, 0.5) is 0 Å². The number of benzene rings is 1. The smallest absolute Gasteiger partial charge is 0.188 e. The maximum Gasteiger partial charge on any atom is 0.188 e. The number of hydrogen-bond donors (Lipinski definition) is 0.